The Bertz CT molecular complexity index is 216. The van der Waals surface area contributed by atoms with Crippen LogP contribution in [0, 0.1) is 5.92 Å². The molecule has 0 saturated carbocycles. The van der Waals surface area contributed by atoms with Gasteiger partial charge in [0.2, 0.25) is 5.91 Å². The minimum atomic E-state index is -0.865. The first-order valence-electron chi connectivity index (χ1n) is 4.26. The first-order valence-corrected chi connectivity index (χ1v) is 4.26. The Morgan fingerprint density at radius 1 is 1.62 bits per heavy atom. The summed E-state index contributed by atoms with van der Waals surface area (Å²) in [5.41, 5.74) is 0. The van der Waals surface area contributed by atoms with Crippen LogP contribution in [0.1, 0.15) is 12.8 Å². The van der Waals surface area contributed by atoms with E-state index in [-0.39, 0.29) is 32.0 Å². The van der Waals surface area contributed by atoms with Gasteiger partial charge in [0, 0.05) is 19.5 Å². The maximum absolute atomic E-state index is 11.2. The molecule has 1 unspecified atom stereocenters. The van der Waals surface area contributed by atoms with E-state index < -0.39 is 11.9 Å². The van der Waals surface area contributed by atoms with E-state index in [4.69, 9.17) is 10.2 Å². The fraction of sp³-hybridized carbons (Fsp3) is 0.750. The lowest BCUT2D eigenvalue weighted by molar-refractivity contribution is -0.147. The molecule has 1 aliphatic rings. The van der Waals surface area contributed by atoms with E-state index in [9.17, 15) is 9.59 Å². The average Bonchev–Trinajstić information content (AvgIpc) is 2.08. The number of hydrogen-bond acceptors (Lipinski definition) is 3. The highest BCUT2D eigenvalue weighted by Crippen LogP contribution is 2.17. The summed E-state index contributed by atoms with van der Waals surface area (Å²) in [6.07, 6.45) is 0.688. The van der Waals surface area contributed by atoms with E-state index in [2.05, 4.69) is 0 Å². The van der Waals surface area contributed by atoms with Crippen LogP contribution in [0.5, 0.6) is 0 Å². The smallest absolute Gasteiger partial charge is 0.308 e. The number of carbonyl (C=O) groups excluding carboxylic acids is 1. The zero-order valence-electron chi connectivity index (χ0n) is 7.27. The van der Waals surface area contributed by atoms with Crippen molar-refractivity contribution in [3.05, 3.63) is 0 Å². The van der Waals surface area contributed by atoms with Gasteiger partial charge in [-0.1, -0.05) is 0 Å². The van der Waals surface area contributed by atoms with Crippen molar-refractivity contribution in [1.29, 1.82) is 0 Å². The van der Waals surface area contributed by atoms with Crippen molar-refractivity contribution in [2.75, 3.05) is 19.7 Å². The zero-order chi connectivity index (χ0) is 9.84. The lowest BCUT2D eigenvalue weighted by Gasteiger charge is -2.29. The molecule has 1 atom stereocenters. The highest BCUT2D eigenvalue weighted by atomic mass is 16.4. The molecule has 1 saturated heterocycles. The van der Waals surface area contributed by atoms with Crippen LogP contribution in [0.15, 0.2) is 0 Å². The van der Waals surface area contributed by atoms with Crippen LogP contribution in [-0.4, -0.2) is 46.7 Å². The van der Waals surface area contributed by atoms with Gasteiger partial charge < -0.3 is 15.1 Å². The van der Waals surface area contributed by atoms with Gasteiger partial charge in [0.15, 0.2) is 0 Å². The second-order valence-electron chi connectivity index (χ2n) is 3.14. The Labute approximate surface area is 76.0 Å². The summed E-state index contributed by atoms with van der Waals surface area (Å²) in [5.74, 6) is -1.40. The van der Waals surface area contributed by atoms with Gasteiger partial charge >= 0.3 is 5.97 Å². The Balaban J connectivity index is 2.52. The highest BCUT2D eigenvalue weighted by molar-refractivity contribution is 5.80. The van der Waals surface area contributed by atoms with Crippen molar-refractivity contribution < 1.29 is 19.8 Å². The number of rotatable bonds is 3. The molecule has 13 heavy (non-hydrogen) atoms. The van der Waals surface area contributed by atoms with Crippen molar-refractivity contribution >= 4 is 11.9 Å². The molecular formula is C8H13NO4. The number of likely N-dealkylation sites (tertiary alicyclic amines) is 1. The van der Waals surface area contributed by atoms with E-state index in [1.54, 1.807) is 0 Å². The Hall–Kier alpha value is -1.10. The SMILES string of the molecule is O=C(O)C1CCC(=O)N(CCO)C1. The summed E-state index contributed by atoms with van der Waals surface area (Å²) < 4.78 is 0. The van der Waals surface area contributed by atoms with E-state index in [0.717, 1.165) is 0 Å². The number of aliphatic carboxylic acids is 1. The maximum Gasteiger partial charge on any atom is 0.308 e. The van der Waals surface area contributed by atoms with Gasteiger partial charge in [0.1, 0.15) is 0 Å². The molecule has 0 aromatic rings. The fourth-order valence-electron chi connectivity index (χ4n) is 1.45. The minimum Gasteiger partial charge on any atom is -0.481 e. The minimum absolute atomic E-state index is 0.0634. The van der Waals surface area contributed by atoms with Gasteiger partial charge in [-0.3, -0.25) is 9.59 Å². The van der Waals surface area contributed by atoms with Gasteiger partial charge in [-0.05, 0) is 6.42 Å². The van der Waals surface area contributed by atoms with E-state index in [1.807, 2.05) is 0 Å². The van der Waals surface area contributed by atoms with Gasteiger partial charge in [-0.25, -0.2) is 0 Å². The molecule has 0 spiro atoms. The zero-order valence-corrected chi connectivity index (χ0v) is 7.27. The van der Waals surface area contributed by atoms with E-state index in [0.29, 0.717) is 6.42 Å². The van der Waals surface area contributed by atoms with Crippen LogP contribution >= 0.6 is 0 Å². The summed E-state index contributed by atoms with van der Waals surface area (Å²) >= 11 is 0. The number of nitrogens with zero attached hydrogens (tertiary/aromatic N) is 1. The van der Waals surface area contributed by atoms with Crippen LogP contribution < -0.4 is 0 Å². The maximum atomic E-state index is 11.2. The number of aliphatic hydroxyl groups is 1. The van der Waals surface area contributed by atoms with E-state index in [1.165, 1.54) is 4.90 Å². The number of carbonyl (C=O) groups is 2. The number of β-amino-alcohol motifs (C(OH)–C–C–N with tert-alkyl or cyclic N) is 1. The van der Waals surface area contributed by atoms with Gasteiger partial charge in [0.25, 0.3) is 0 Å². The quantitative estimate of drug-likeness (QED) is 0.612. The topological polar surface area (TPSA) is 77.8 Å². The summed E-state index contributed by atoms with van der Waals surface area (Å²) in [5, 5.41) is 17.3. The van der Waals surface area contributed by atoms with Crippen molar-refractivity contribution in [2.24, 2.45) is 5.92 Å². The first-order chi connectivity index (χ1) is 6.15. The predicted octanol–water partition coefficient (Wildman–Crippen LogP) is -0.698. The normalized spacial score (nSPS) is 23.3. The van der Waals surface area contributed by atoms with E-state index >= 15 is 0 Å². The van der Waals surface area contributed by atoms with Crippen molar-refractivity contribution in [2.45, 2.75) is 12.8 Å². The third kappa shape index (κ3) is 2.42. The number of aliphatic hydroxyl groups excluding tert-OH is 1. The molecule has 5 heteroatoms. The number of hydrogen-bond donors (Lipinski definition) is 2. The fourth-order valence-corrected chi connectivity index (χ4v) is 1.45. The third-order valence-electron chi connectivity index (χ3n) is 2.22. The number of piperidine rings is 1. The molecule has 0 aliphatic carbocycles. The van der Waals surface area contributed by atoms with Crippen molar-refractivity contribution in [3.63, 3.8) is 0 Å². The third-order valence-corrected chi connectivity index (χ3v) is 2.22. The van der Waals surface area contributed by atoms with Crippen LogP contribution in [0.3, 0.4) is 0 Å². The molecule has 1 fully saturated rings. The molecule has 74 valence electrons. The Morgan fingerprint density at radius 2 is 2.31 bits per heavy atom. The van der Waals surface area contributed by atoms with Gasteiger partial charge in [-0.15, -0.1) is 0 Å². The Kier molecular flexibility index (Phi) is 3.25. The molecule has 0 bridgehead atoms. The second-order valence-corrected chi connectivity index (χ2v) is 3.14. The molecule has 5 nitrogen and oxygen atoms in total. The van der Waals surface area contributed by atoms with Crippen LogP contribution in [0.25, 0.3) is 0 Å². The number of amides is 1. The second kappa shape index (κ2) is 4.23. The average molecular weight is 187 g/mol. The molecule has 1 rings (SSSR count). The standard InChI is InChI=1S/C8H13NO4/c10-4-3-9-5-6(8(12)13)1-2-7(9)11/h6,10H,1-5H2,(H,12,13). The molecule has 1 amide bonds. The highest BCUT2D eigenvalue weighted by Gasteiger charge is 2.29. The predicted molar refractivity (Wildman–Crippen MR) is 44.0 cm³/mol. The summed E-state index contributed by atoms with van der Waals surface area (Å²) in [7, 11) is 0. The lowest BCUT2D eigenvalue weighted by Crippen LogP contribution is -2.43. The van der Waals surface area contributed by atoms with Gasteiger partial charge in [-0.2, -0.15) is 0 Å². The first kappa shape index (κ1) is 9.98. The molecule has 0 radical (unpaired) electrons. The van der Waals surface area contributed by atoms with Crippen LogP contribution in [0.2, 0.25) is 0 Å². The Morgan fingerprint density at radius 3 is 2.85 bits per heavy atom. The van der Waals surface area contributed by atoms with Crippen LogP contribution in [0.4, 0.5) is 0 Å². The monoisotopic (exact) mass is 187 g/mol. The lowest BCUT2D eigenvalue weighted by atomic mass is 9.98. The van der Waals surface area contributed by atoms with Crippen LogP contribution in [-0.2, 0) is 9.59 Å². The largest absolute Gasteiger partial charge is 0.481 e. The molecule has 2 N–H and O–H groups in total. The van der Waals surface area contributed by atoms with Crippen molar-refractivity contribution in [3.8, 4) is 0 Å². The van der Waals surface area contributed by atoms with Gasteiger partial charge in [0.05, 0.1) is 12.5 Å². The number of carboxylic acid groups (broad SMARTS) is 1. The molecule has 0 aromatic heterocycles. The molecule has 1 heterocycles. The number of carboxylic acids is 1. The molecular weight excluding hydrogens is 174 g/mol. The van der Waals surface area contributed by atoms with Crippen molar-refractivity contribution in [1.82, 2.24) is 4.90 Å². The summed E-state index contributed by atoms with van der Waals surface area (Å²) in [6.45, 7) is 0.357. The molecule has 0 aromatic carbocycles. The summed E-state index contributed by atoms with van der Waals surface area (Å²) in [4.78, 5) is 23.2. The summed E-state index contributed by atoms with van der Waals surface area (Å²) in [6, 6.07) is 0. The molecule has 1 aliphatic heterocycles.